The summed E-state index contributed by atoms with van der Waals surface area (Å²) in [7, 11) is 0. The van der Waals surface area contributed by atoms with Gasteiger partial charge < -0.3 is 29.9 Å². The summed E-state index contributed by atoms with van der Waals surface area (Å²) in [6.07, 6.45) is 2.96. The Hall–Kier alpha value is -2.98. The topological polar surface area (TPSA) is 83.1 Å². The molecule has 2 saturated heterocycles. The molecule has 264 valence electrons. The van der Waals surface area contributed by atoms with Crippen molar-refractivity contribution in [2.24, 2.45) is 0 Å². The number of hydrogen-bond acceptors (Lipinski definition) is 7. The lowest BCUT2D eigenvalue weighted by atomic mass is 9.83. The average molecular weight is 759 g/mol. The van der Waals surface area contributed by atoms with Gasteiger partial charge in [-0.05, 0) is 78.8 Å². The lowest BCUT2D eigenvalue weighted by Crippen LogP contribution is -2.60. The normalized spacial score (nSPS) is 22.4. The maximum Gasteiger partial charge on any atom is 0.303 e. The van der Waals surface area contributed by atoms with E-state index in [4.69, 9.17) is 55.9 Å². The maximum absolute atomic E-state index is 14.5. The smallest absolute Gasteiger partial charge is 0.303 e. The van der Waals surface area contributed by atoms with Crippen molar-refractivity contribution >= 4 is 69.5 Å². The van der Waals surface area contributed by atoms with Gasteiger partial charge in [0.25, 0.3) is 5.91 Å². The van der Waals surface area contributed by atoms with Gasteiger partial charge in [-0.15, -0.1) is 0 Å². The van der Waals surface area contributed by atoms with Gasteiger partial charge in [0.1, 0.15) is 12.2 Å². The van der Waals surface area contributed by atoms with Crippen LogP contribution in [0.4, 0.5) is 5.69 Å². The van der Waals surface area contributed by atoms with Crippen LogP contribution in [0.1, 0.15) is 62.3 Å². The lowest BCUT2D eigenvalue weighted by Gasteiger charge is -2.41. The van der Waals surface area contributed by atoms with Gasteiger partial charge in [0.05, 0.1) is 32.7 Å². The molecule has 1 aliphatic carbocycles. The minimum atomic E-state index is -0.474. The number of fused-ring (bicyclic) bond motifs is 2. The standard InChI is InChI=1S/C38H40Cl4N4O4/c1-21(49-22(2)47)25-14-32(40)37(33(41)15-25)50-29-12-13-45(20-29)27-8-6-23(7-9-27)30-16-26-17-43-18-34(44-26)35(30)38(48)46(28-10-11-28)19-24-4-3-5-31(39)36(24)42/h3-9,14-15,21,26,28-29,34,43-44H,10-13,16-20H2,1-2H3/t21-,26+,29+,34+/m0/s1. The second kappa shape index (κ2) is 14.9. The van der Waals surface area contributed by atoms with Crippen molar-refractivity contribution in [3.63, 3.8) is 0 Å². The highest BCUT2D eigenvalue weighted by Gasteiger charge is 2.41. The van der Waals surface area contributed by atoms with Crippen LogP contribution < -0.4 is 20.3 Å². The van der Waals surface area contributed by atoms with Crippen molar-refractivity contribution in [2.75, 3.05) is 31.1 Å². The van der Waals surface area contributed by atoms with Crippen LogP contribution in [0.3, 0.4) is 0 Å². The van der Waals surface area contributed by atoms with Crippen molar-refractivity contribution in [3.05, 3.63) is 97.0 Å². The third kappa shape index (κ3) is 7.62. The first-order valence-electron chi connectivity index (χ1n) is 17.2. The summed E-state index contributed by atoms with van der Waals surface area (Å²) in [5.74, 6) is 0.122. The van der Waals surface area contributed by atoms with E-state index in [-0.39, 0.29) is 36.1 Å². The molecule has 3 aromatic rings. The molecule has 1 amide bonds. The Morgan fingerprint density at radius 1 is 0.980 bits per heavy atom. The van der Waals surface area contributed by atoms with Crippen LogP contribution in [0, 0.1) is 0 Å². The van der Waals surface area contributed by atoms with Gasteiger partial charge in [0.15, 0.2) is 5.75 Å². The Morgan fingerprint density at radius 2 is 1.72 bits per heavy atom. The zero-order valence-electron chi connectivity index (χ0n) is 28.0. The molecule has 3 aliphatic heterocycles. The van der Waals surface area contributed by atoms with Crippen molar-refractivity contribution in [1.29, 1.82) is 0 Å². The Morgan fingerprint density at radius 3 is 2.42 bits per heavy atom. The molecule has 50 heavy (non-hydrogen) atoms. The molecule has 8 nitrogen and oxygen atoms in total. The molecule has 1 saturated carbocycles. The van der Waals surface area contributed by atoms with Crippen LogP contribution in [-0.2, 0) is 20.9 Å². The Bertz CT molecular complexity index is 1790. The van der Waals surface area contributed by atoms with Gasteiger partial charge >= 0.3 is 5.97 Å². The fourth-order valence-electron chi connectivity index (χ4n) is 7.34. The van der Waals surface area contributed by atoms with E-state index >= 15 is 0 Å². The molecular formula is C38H40Cl4N4O4. The van der Waals surface area contributed by atoms with E-state index in [1.54, 1.807) is 25.1 Å². The predicted octanol–water partition coefficient (Wildman–Crippen LogP) is 7.86. The number of ether oxygens (including phenoxy) is 2. The van der Waals surface area contributed by atoms with E-state index in [2.05, 4.69) is 39.8 Å². The number of amides is 1. The summed E-state index contributed by atoms with van der Waals surface area (Å²) in [6.45, 7) is 6.62. The minimum Gasteiger partial charge on any atom is -0.485 e. The molecule has 12 heteroatoms. The SMILES string of the molecule is CC(=O)O[C@@H](C)c1cc(Cl)c(O[C@@H]2CCN(c3ccc(C4=C(C(=O)N(Cc5cccc(Cl)c5Cl)C5CC5)[C@H]5CNC[C@@H](C4)N5)cc3)C2)c(Cl)c1. The summed E-state index contributed by atoms with van der Waals surface area (Å²) >= 11 is 26.1. The molecule has 2 N–H and O–H groups in total. The third-order valence-corrected chi connectivity index (χ3v) is 11.4. The van der Waals surface area contributed by atoms with Crippen LogP contribution in [0.2, 0.25) is 20.1 Å². The summed E-state index contributed by atoms with van der Waals surface area (Å²) < 4.78 is 11.6. The fourth-order valence-corrected chi connectivity index (χ4v) is 8.32. The van der Waals surface area contributed by atoms with Crippen molar-refractivity contribution < 1.29 is 19.1 Å². The Labute approximate surface area is 313 Å². The summed E-state index contributed by atoms with van der Waals surface area (Å²) in [5.41, 5.74) is 5.66. The van der Waals surface area contributed by atoms with Crippen molar-refractivity contribution in [1.82, 2.24) is 15.5 Å². The largest absolute Gasteiger partial charge is 0.485 e. The molecule has 3 heterocycles. The van der Waals surface area contributed by atoms with E-state index in [1.807, 2.05) is 17.0 Å². The van der Waals surface area contributed by atoms with E-state index in [9.17, 15) is 9.59 Å². The number of esters is 1. The first-order valence-corrected chi connectivity index (χ1v) is 18.7. The van der Waals surface area contributed by atoms with E-state index in [1.165, 1.54) is 6.92 Å². The first kappa shape index (κ1) is 35.4. The summed E-state index contributed by atoms with van der Waals surface area (Å²) in [4.78, 5) is 30.2. The van der Waals surface area contributed by atoms with Crippen LogP contribution >= 0.6 is 46.4 Å². The summed E-state index contributed by atoms with van der Waals surface area (Å²) in [6, 6.07) is 18.0. The first-order chi connectivity index (χ1) is 24.0. The number of halogens is 4. The monoisotopic (exact) mass is 756 g/mol. The number of benzene rings is 3. The molecule has 0 spiro atoms. The zero-order valence-corrected chi connectivity index (χ0v) is 31.0. The number of anilines is 1. The average Bonchev–Trinajstić information content (AvgIpc) is 3.82. The summed E-state index contributed by atoms with van der Waals surface area (Å²) in [5, 5.41) is 8.99. The Balaban J connectivity index is 1.09. The lowest BCUT2D eigenvalue weighted by molar-refractivity contribution is -0.145. The zero-order chi connectivity index (χ0) is 35.1. The maximum atomic E-state index is 14.5. The number of carbonyl (C=O) groups is 2. The van der Waals surface area contributed by atoms with E-state index in [0.29, 0.717) is 51.0 Å². The Kier molecular flexibility index (Phi) is 10.6. The van der Waals surface area contributed by atoms with E-state index < -0.39 is 6.10 Å². The van der Waals surface area contributed by atoms with Gasteiger partial charge in [-0.25, -0.2) is 0 Å². The van der Waals surface area contributed by atoms with Gasteiger partial charge in [-0.1, -0.05) is 70.7 Å². The second-order valence-corrected chi connectivity index (χ2v) is 15.2. The molecule has 0 unspecified atom stereocenters. The van der Waals surface area contributed by atoms with Crippen LogP contribution in [0.5, 0.6) is 5.75 Å². The fraction of sp³-hybridized carbons (Fsp3) is 0.421. The number of hydrogen-bond donors (Lipinski definition) is 2. The molecule has 3 aromatic carbocycles. The highest BCUT2D eigenvalue weighted by molar-refractivity contribution is 6.42. The number of nitrogens with zero attached hydrogens (tertiary/aromatic N) is 2. The molecular weight excluding hydrogens is 718 g/mol. The van der Waals surface area contributed by atoms with E-state index in [0.717, 1.165) is 66.7 Å². The van der Waals surface area contributed by atoms with Gasteiger partial charge in [-0.2, -0.15) is 0 Å². The van der Waals surface area contributed by atoms with Gasteiger partial charge in [-0.3, -0.25) is 9.59 Å². The predicted molar refractivity (Wildman–Crippen MR) is 199 cm³/mol. The number of rotatable bonds is 10. The number of nitrogens with one attached hydrogen (secondary N) is 2. The number of carbonyl (C=O) groups excluding carboxylic acids is 2. The molecule has 4 atom stereocenters. The third-order valence-electron chi connectivity index (χ3n) is 9.99. The number of piperazine rings is 1. The molecule has 4 aliphatic rings. The van der Waals surface area contributed by atoms with Crippen LogP contribution in [0.25, 0.3) is 5.57 Å². The van der Waals surface area contributed by atoms with Crippen molar-refractivity contribution in [2.45, 2.75) is 76.4 Å². The van der Waals surface area contributed by atoms with Gasteiger partial charge in [0, 0.05) is 62.9 Å². The molecule has 0 radical (unpaired) electrons. The molecule has 0 aromatic heterocycles. The van der Waals surface area contributed by atoms with Gasteiger partial charge in [0.2, 0.25) is 0 Å². The van der Waals surface area contributed by atoms with Crippen LogP contribution in [0.15, 0.2) is 60.2 Å². The molecule has 3 fully saturated rings. The highest BCUT2D eigenvalue weighted by Crippen LogP contribution is 2.40. The highest BCUT2D eigenvalue weighted by atomic mass is 35.5. The second-order valence-electron chi connectivity index (χ2n) is 13.6. The molecule has 2 bridgehead atoms. The molecule has 7 rings (SSSR count). The van der Waals surface area contributed by atoms with Crippen molar-refractivity contribution in [3.8, 4) is 5.75 Å². The quantitative estimate of drug-likeness (QED) is 0.204. The van der Waals surface area contributed by atoms with Crippen LogP contribution in [-0.4, -0.2) is 67.2 Å². The minimum absolute atomic E-state index is 0.0630.